The second-order valence-corrected chi connectivity index (χ2v) is 6.65. The van der Waals surface area contributed by atoms with Crippen LogP contribution in [0.4, 0.5) is 0 Å². The fourth-order valence-electron chi connectivity index (χ4n) is 2.12. The summed E-state index contributed by atoms with van der Waals surface area (Å²) in [6.07, 6.45) is 4.01. The Labute approximate surface area is 109 Å². The minimum Gasteiger partial charge on any atom is -0.337 e. The molecule has 6 nitrogen and oxygen atoms in total. The van der Waals surface area contributed by atoms with Gasteiger partial charge in [-0.15, -0.1) is 0 Å². The molecule has 2 unspecified atom stereocenters. The van der Waals surface area contributed by atoms with Crippen molar-refractivity contribution in [2.45, 2.75) is 38.3 Å². The minimum atomic E-state index is -3.20. The predicted molar refractivity (Wildman–Crippen MR) is 70.7 cm³/mol. The highest BCUT2D eigenvalue weighted by molar-refractivity contribution is 7.88. The number of hydrogen-bond donors (Lipinski definition) is 2. The van der Waals surface area contributed by atoms with Crippen molar-refractivity contribution < 1.29 is 13.2 Å². The zero-order valence-electron chi connectivity index (χ0n) is 11.3. The number of rotatable bonds is 5. The Hall–Kier alpha value is -0.660. The van der Waals surface area contributed by atoms with Gasteiger partial charge >= 0.3 is 0 Å². The van der Waals surface area contributed by atoms with E-state index in [1.165, 1.54) is 0 Å². The molecule has 106 valence electrons. The molecule has 0 bridgehead atoms. The first-order valence-electron chi connectivity index (χ1n) is 6.27. The summed E-state index contributed by atoms with van der Waals surface area (Å²) in [5, 5.41) is 2.93. The molecule has 1 heterocycles. The molecule has 1 amide bonds. The Morgan fingerprint density at radius 2 is 2.11 bits per heavy atom. The lowest BCUT2D eigenvalue weighted by Gasteiger charge is -2.37. The van der Waals surface area contributed by atoms with E-state index in [-0.39, 0.29) is 18.0 Å². The Bertz CT molecular complexity index is 383. The van der Waals surface area contributed by atoms with Gasteiger partial charge in [-0.2, -0.15) is 0 Å². The van der Waals surface area contributed by atoms with Gasteiger partial charge in [0.25, 0.3) is 0 Å². The lowest BCUT2D eigenvalue weighted by Crippen LogP contribution is -2.53. The van der Waals surface area contributed by atoms with Gasteiger partial charge < -0.3 is 10.2 Å². The van der Waals surface area contributed by atoms with E-state index < -0.39 is 10.0 Å². The summed E-state index contributed by atoms with van der Waals surface area (Å²) in [7, 11) is -1.46. The monoisotopic (exact) mass is 277 g/mol. The standard InChI is InChI=1S/C11H23N3O3S/c1-9(12-2)11(15)14-7-5-4-6-10(14)8-13-18(3,16)17/h9-10,12-13H,4-8H2,1-3H3. The number of nitrogens with zero attached hydrogens (tertiary/aromatic N) is 1. The number of nitrogens with one attached hydrogen (secondary N) is 2. The average Bonchev–Trinajstić information content (AvgIpc) is 2.34. The number of sulfonamides is 1. The molecule has 0 aromatic rings. The van der Waals surface area contributed by atoms with Crippen LogP contribution in [0, 0.1) is 0 Å². The summed E-state index contributed by atoms with van der Waals surface area (Å²) in [5.74, 6) is 0.0394. The average molecular weight is 277 g/mol. The van der Waals surface area contributed by atoms with E-state index in [1.54, 1.807) is 11.9 Å². The molecule has 0 aromatic heterocycles. The van der Waals surface area contributed by atoms with E-state index in [1.807, 2.05) is 6.92 Å². The Balaban J connectivity index is 2.65. The molecule has 7 heteroatoms. The van der Waals surface area contributed by atoms with Crippen molar-refractivity contribution in [3.05, 3.63) is 0 Å². The van der Waals surface area contributed by atoms with Gasteiger partial charge in [0, 0.05) is 19.1 Å². The van der Waals surface area contributed by atoms with Crippen molar-refractivity contribution in [2.75, 3.05) is 26.4 Å². The van der Waals surface area contributed by atoms with E-state index in [0.29, 0.717) is 13.1 Å². The summed E-state index contributed by atoms with van der Waals surface area (Å²) < 4.78 is 24.7. The first-order chi connectivity index (χ1) is 8.35. The lowest BCUT2D eigenvalue weighted by molar-refractivity contribution is -0.136. The molecule has 0 radical (unpaired) electrons. The summed E-state index contributed by atoms with van der Waals surface area (Å²) in [6, 6.07) is -0.263. The van der Waals surface area contributed by atoms with Crippen LogP contribution in [0.1, 0.15) is 26.2 Å². The van der Waals surface area contributed by atoms with Crippen molar-refractivity contribution in [1.82, 2.24) is 14.9 Å². The number of hydrogen-bond acceptors (Lipinski definition) is 4. The Morgan fingerprint density at radius 1 is 1.44 bits per heavy atom. The van der Waals surface area contributed by atoms with E-state index in [9.17, 15) is 13.2 Å². The van der Waals surface area contributed by atoms with Crippen molar-refractivity contribution in [2.24, 2.45) is 0 Å². The summed E-state index contributed by atoms with van der Waals surface area (Å²) in [6.45, 7) is 2.83. The molecule has 1 rings (SSSR count). The third kappa shape index (κ3) is 4.55. The van der Waals surface area contributed by atoms with Crippen LogP contribution in [-0.4, -0.2) is 57.7 Å². The molecule has 2 atom stereocenters. The van der Waals surface area contributed by atoms with Gasteiger partial charge in [0.15, 0.2) is 0 Å². The van der Waals surface area contributed by atoms with Crippen LogP contribution < -0.4 is 10.0 Å². The summed E-state index contributed by atoms with van der Waals surface area (Å²) in [5.41, 5.74) is 0. The number of amides is 1. The lowest BCUT2D eigenvalue weighted by atomic mass is 10.0. The number of carbonyl (C=O) groups excluding carboxylic acids is 1. The smallest absolute Gasteiger partial charge is 0.239 e. The molecule has 0 aliphatic carbocycles. The van der Waals surface area contributed by atoms with Gasteiger partial charge in [0.05, 0.1) is 12.3 Å². The molecule has 0 saturated carbocycles. The van der Waals surface area contributed by atoms with Crippen molar-refractivity contribution in [3.63, 3.8) is 0 Å². The van der Waals surface area contributed by atoms with Gasteiger partial charge in [0.2, 0.25) is 15.9 Å². The first kappa shape index (κ1) is 15.4. The van der Waals surface area contributed by atoms with Crippen LogP contribution in [0.5, 0.6) is 0 Å². The highest BCUT2D eigenvalue weighted by atomic mass is 32.2. The van der Waals surface area contributed by atoms with Crippen molar-refractivity contribution in [3.8, 4) is 0 Å². The second-order valence-electron chi connectivity index (χ2n) is 4.81. The van der Waals surface area contributed by atoms with Crippen LogP contribution in [0.25, 0.3) is 0 Å². The highest BCUT2D eigenvalue weighted by Crippen LogP contribution is 2.17. The SMILES string of the molecule is CNC(C)C(=O)N1CCCCC1CNS(C)(=O)=O. The fraction of sp³-hybridized carbons (Fsp3) is 0.909. The van der Waals surface area contributed by atoms with Crippen molar-refractivity contribution >= 4 is 15.9 Å². The third-order valence-corrected chi connectivity index (χ3v) is 3.99. The largest absolute Gasteiger partial charge is 0.337 e. The molecule has 0 spiro atoms. The van der Waals surface area contributed by atoms with Crippen LogP contribution in [-0.2, 0) is 14.8 Å². The molecule has 2 N–H and O–H groups in total. The zero-order valence-corrected chi connectivity index (χ0v) is 12.1. The van der Waals surface area contributed by atoms with Gasteiger partial charge in [-0.3, -0.25) is 4.79 Å². The van der Waals surface area contributed by atoms with E-state index in [4.69, 9.17) is 0 Å². The Kier molecular flexibility index (Phi) is 5.55. The second kappa shape index (κ2) is 6.49. The molecule has 0 aromatic carbocycles. The molecule has 1 aliphatic heterocycles. The number of likely N-dealkylation sites (N-methyl/N-ethyl adjacent to an activating group) is 1. The minimum absolute atomic E-state index is 0.0308. The fourth-order valence-corrected chi connectivity index (χ4v) is 2.62. The summed E-state index contributed by atoms with van der Waals surface area (Å²) in [4.78, 5) is 13.9. The first-order valence-corrected chi connectivity index (χ1v) is 8.16. The van der Waals surface area contributed by atoms with E-state index >= 15 is 0 Å². The Morgan fingerprint density at radius 3 is 2.67 bits per heavy atom. The third-order valence-electron chi connectivity index (χ3n) is 3.29. The maximum atomic E-state index is 12.2. The number of likely N-dealkylation sites (tertiary alicyclic amines) is 1. The number of carbonyl (C=O) groups is 1. The van der Waals surface area contributed by atoms with Gasteiger partial charge in [-0.05, 0) is 33.2 Å². The normalized spacial score (nSPS) is 22.8. The van der Waals surface area contributed by atoms with Gasteiger partial charge in [-0.1, -0.05) is 0 Å². The van der Waals surface area contributed by atoms with Gasteiger partial charge in [0.1, 0.15) is 0 Å². The maximum absolute atomic E-state index is 12.2. The summed E-state index contributed by atoms with van der Waals surface area (Å²) >= 11 is 0. The molecular formula is C11H23N3O3S. The maximum Gasteiger partial charge on any atom is 0.239 e. The molecule has 1 aliphatic rings. The molecule has 18 heavy (non-hydrogen) atoms. The topological polar surface area (TPSA) is 78.5 Å². The predicted octanol–water partition coefficient (Wildman–Crippen LogP) is -0.475. The number of piperidine rings is 1. The van der Waals surface area contributed by atoms with Crippen LogP contribution >= 0.6 is 0 Å². The molecule has 1 saturated heterocycles. The molecular weight excluding hydrogens is 254 g/mol. The van der Waals surface area contributed by atoms with Crippen LogP contribution in [0.3, 0.4) is 0 Å². The van der Waals surface area contributed by atoms with E-state index in [2.05, 4.69) is 10.0 Å². The zero-order chi connectivity index (χ0) is 13.8. The van der Waals surface area contributed by atoms with Gasteiger partial charge in [-0.25, -0.2) is 13.1 Å². The van der Waals surface area contributed by atoms with E-state index in [0.717, 1.165) is 25.5 Å². The highest BCUT2D eigenvalue weighted by Gasteiger charge is 2.29. The van der Waals surface area contributed by atoms with Crippen LogP contribution in [0.15, 0.2) is 0 Å². The van der Waals surface area contributed by atoms with Crippen LogP contribution in [0.2, 0.25) is 0 Å². The van der Waals surface area contributed by atoms with Crippen molar-refractivity contribution in [1.29, 1.82) is 0 Å². The quantitative estimate of drug-likeness (QED) is 0.712. The molecule has 1 fully saturated rings.